The van der Waals surface area contributed by atoms with Crippen LogP contribution < -0.4 is 0 Å². The van der Waals surface area contributed by atoms with Crippen LogP contribution in [-0.2, 0) is 17.9 Å². The molecule has 0 saturated carbocycles. The molecule has 0 aliphatic carbocycles. The van der Waals surface area contributed by atoms with Crippen LogP contribution in [-0.4, -0.2) is 70.3 Å². The summed E-state index contributed by atoms with van der Waals surface area (Å²) in [6.07, 6.45) is 4.91. The van der Waals surface area contributed by atoms with Crippen LogP contribution in [0.2, 0.25) is 0 Å². The van der Waals surface area contributed by atoms with Crippen LogP contribution in [0.25, 0.3) is 0 Å². The second-order valence-corrected chi connectivity index (χ2v) is 7.65. The third-order valence-electron chi connectivity index (χ3n) is 4.67. The molecule has 0 radical (unpaired) electrons. The number of amides is 1. The summed E-state index contributed by atoms with van der Waals surface area (Å²) in [5.41, 5.74) is 1.47. The number of aromatic nitrogens is 2. The minimum absolute atomic E-state index is 0.0630. The van der Waals surface area contributed by atoms with Crippen molar-refractivity contribution < 1.29 is 9.18 Å². The van der Waals surface area contributed by atoms with Crippen molar-refractivity contribution in [3.05, 3.63) is 58.3 Å². The highest BCUT2D eigenvalue weighted by atomic mass is 79.9. The van der Waals surface area contributed by atoms with Crippen LogP contribution in [0.4, 0.5) is 4.39 Å². The molecule has 2 heterocycles. The molecular weight excluding hydrogens is 413 g/mol. The van der Waals surface area contributed by atoms with E-state index < -0.39 is 0 Å². The van der Waals surface area contributed by atoms with Crippen LogP contribution in [0.5, 0.6) is 0 Å². The van der Waals surface area contributed by atoms with Gasteiger partial charge < -0.3 is 4.90 Å². The summed E-state index contributed by atoms with van der Waals surface area (Å²) in [5, 5.41) is 0. The standard InChI is InChI=1S/C19H23BrFN5O/c1-24(13-17-11-22-4-5-23-17)19(27)14-26-8-6-25(7-9-26)12-15-2-3-16(20)10-18(15)21/h2-5,10-11H,6-9,12-14H2,1H3. The van der Waals surface area contributed by atoms with Crippen LogP contribution in [0.3, 0.4) is 0 Å². The smallest absolute Gasteiger partial charge is 0.236 e. The van der Waals surface area contributed by atoms with Gasteiger partial charge in [-0.2, -0.15) is 0 Å². The van der Waals surface area contributed by atoms with E-state index in [1.54, 1.807) is 30.5 Å². The molecule has 1 aromatic heterocycles. The Labute approximate surface area is 167 Å². The molecule has 1 aromatic carbocycles. The van der Waals surface area contributed by atoms with Crippen molar-refractivity contribution in [2.24, 2.45) is 0 Å². The molecule has 0 N–H and O–H groups in total. The summed E-state index contributed by atoms with van der Waals surface area (Å²) in [7, 11) is 1.78. The first-order valence-electron chi connectivity index (χ1n) is 8.89. The molecule has 3 rings (SSSR count). The molecule has 0 spiro atoms. The highest BCUT2D eigenvalue weighted by molar-refractivity contribution is 9.10. The molecule has 1 amide bonds. The normalized spacial score (nSPS) is 15.7. The first kappa shape index (κ1) is 19.9. The third kappa shape index (κ3) is 5.79. The van der Waals surface area contributed by atoms with Gasteiger partial charge >= 0.3 is 0 Å². The second kappa shape index (κ2) is 9.34. The lowest BCUT2D eigenvalue weighted by Crippen LogP contribution is -2.49. The zero-order valence-electron chi connectivity index (χ0n) is 15.3. The maximum atomic E-state index is 14.0. The number of halogens is 2. The Bertz CT molecular complexity index is 768. The summed E-state index contributed by atoms with van der Waals surface area (Å²) in [6.45, 7) is 4.65. The minimum atomic E-state index is -0.187. The van der Waals surface area contributed by atoms with E-state index in [1.807, 2.05) is 12.1 Å². The summed E-state index contributed by atoms with van der Waals surface area (Å²) >= 11 is 3.28. The predicted octanol–water partition coefficient (Wildman–Crippen LogP) is 2.15. The number of carbonyl (C=O) groups excluding carboxylic acids is 1. The average molecular weight is 436 g/mol. The van der Waals surface area contributed by atoms with Crippen LogP contribution in [0.15, 0.2) is 41.3 Å². The van der Waals surface area contributed by atoms with Gasteiger partial charge in [-0.3, -0.25) is 24.6 Å². The van der Waals surface area contributed by atoms with Gasteiger partial charge in [-0.25, -0.2) is 4.39 Å². The lowest BCUT2D eigenvalue weighted by atomic mass is 10.2. The van der Waals surface area contributed by atoms with E-state index in [0.29, 0.717) is 25.2 Å². The van der Waals surface area contributed by atoms with Crippen LogP contribution in [0, 0.1) is 5.82 Å². The molecule has 1 fully saturated rings. The first-order chi connectivity index (χ1) is 13.0. The second-order valence-electron chi connectivity index (χ2n) is 6.73. The highest BCUT2D eigenvalue weighted by Gasteiger charge is 2.21. The Kier molecular flexibility index (Phi) is 6.87. The molecule has 144 valence electrons. The average Bonchev–Trinajstić information content (AvgIpc) is 2.66. The summed E-state index contributed by atoms with van der Waals surface area (Å²) in [6, 6.07) is 5.17. The third-order valence-corrected chi connectivity index (χ3v) is 5.17. The van der Waals surface area contributed by atoms with Crippen molar-refractivity contribution in [1.29, 1.82) is 0 Å². The quantitative estimate of drug-likeness (QED) is 0.695. The molecule has 8 heteroatoms. The highest BCUT2D eigenvalue weighted by Crippen LogP contribution is 2.17. The predicted molar refractivity (Wildman–Crippen MR) is 104 cm³/mol. The summed E-state index contributed by atoms with van der Waals surface area (Å²) in [4.78, 5) is 26.7. The fourth-order valence-corrected chi connectivity index (χ4v) is 3.38. The number of piperazine rings is 1. The Morgan fingerprint density at radius 2 is 1.96 bits per heavy atom. The Balaban J connectivity index is 1.44. The molecule has 1 aliphatic heterocycles. The Hall–Kier alpha value is -1.90. The van der Waals surface area contributed by atoms with E-state index in [0.717, 1.165) is 36.3 Å². The van der Waals surface area contributed by atoms with Gasteiger partial charge in [-0.1, -0.05) is 22.0 Å². The fraction of sp³-hybridized carbons (Fsp3) is 0.421. The van der Waals surface area contributed by atoms with Crippen LogP contribution >= 0.6 is 15.9 Å². The molecule has 27 heavy (non-hydrogen) atoms. The molecule has 6 nitrogen and oxygen atoms in total. The number of carbonyl (C=O) groups is 1. The Morgan fingerprint density at radius 1 is 1.22 bits per heavy atom. The van der Waals surface area contributed by atoms with Gasteiger partial charge in [0.25, 0.3) is 0 Å². The van der Waals surface area contributed by atoms with E-state index in [9.17, 15) is 9.18 Å². The zero-order chi connectivity index (χ0) is 19.2. The van der Waals surface area contributed by atoms with Gasteiger partial charge in [0.1, 0.15) is 5.82 Å². The lowest BCUT2D eigenvalue weighted by molar-refractivity contribution is -0.132. The fourth-order valence-electron chi connectivity index (χ4n) is 3.05. The van der Waals surface area contributed by atoms with E-state index >= 15 is 0 Å². The molecule has 0 bridgehead atoms. The van der Waals surface area contributed by atoms with Gasteiger partial charge in [0, 0.05) is 62.2 Å². The maximum Gasteiger partial charge on any atom is 0.236 e. The summed E-state index contributed by atoms with van der Waals surface area (Å²) < 4.78 is 14.7. The maximum absolute atomic E-state index is 14.0. The minimum Gasteiger partial charge on any atom is -0.339 e. The first-order valence-corrected chi connectivity index (χ1v) is 9.68. The molecule has 0 atom stereocenters. The molecule has 0 unspecified atom stereocenters. The number of nitrogens with zero attached hydrogens (tertiary/aromatic N) is 5. The van der Waals surface area contributed by atoms with E-state index in [1.165, 1.54) is 6.07 Å². The van der Waals surface area contributed by atoms with Crippen LogP contribution in [0.1, 0.15) is 11.3 Å². The molecule has 1 saturated heterocycles. The van der Waals surface area contributed by atoms with E-state index in [4.69, 9.17) is 0 Å². The SMILES string of the molecule is CN(Cc1cnccn1)C(=O)CN1CCN(Cc2ccc(Br)cc2F)CC1. The van der Waals surface area contributed by atoms with Gasteiger partial charge in [-0.05, 0) is 12.1 Å². The van der Waals surface area contributed by atoms with E-state index in [2.05, 4.69) is 35.7 Å². The number of hydrogen-bond donors (Lipinski definition) is 0. The number of benzene rings is 1. The van der Waals surface area contributed by atoms with Gasteiger partial charge in [0.05, 0.1) is 25.0 Å². The molecular formula is C19H23BrFN5O. The van der Waals surface area contributed by atoms with Crippen molar-refractivity contribution in [3.63, 3.8) is 0 Å². The zero-order valence-corrected chi connectivity index (χ0v) is 16.9. The molecule has 1 aliphatic rings. The van der Waals surface area contributed by atoms with Gasteiger partial charge in [-0.15, -0.1) is 0 Å². The monoisotopic (exact) mass is 435 g/mol. The number of rotatable bonds is 6. The summed E-state index contributed by atoms with van der Waals surface area (Å²) in [5.74, 6) is -0.124. The van der Waals surface area contributed by atoms with Crippen molar-refractivity contribution in [1.82, 2.24) is 24.7 Å². The van der Waals surface area contributed by atoms with Gasteiger partial charge in [0.15, 0.2) is 0 Å². The van der Waals surface area contributed by atoms with Crippen molar-refractivity contribution in [2.75, 3.05) is 39.8 Å². The molecule has 2 aromatic rings. The van der Waals surface area contributed by atoms with E-state index in [-0.39, 0.29) is 11.7 Å². The largest absolute Gasteiger partial charge is 0.339 e. The lowest BCUT2D eigenvalue weighted by Gasteiger charge is -2.35. The number of likely N-dealkylation sites (N-methyl/N-ethyl adjacent to an activating group) is 1. The van der Waals surface area contributed by atoms with Gasteiger partial charge in [0.2, 0.25) is 5.91 Å². The topological polar surface area (TPSA) is 52.6 Å². The van der Waals surface area contributed by atoms with Crippen molar-refractivity contribution in [3.8, 4) is 0 Å². The Morgan fingerprint density at radius 3 is 2.63 bits per heavy atom. The van der Waals surface area contributed by atoms with Crippen molar-refractivity contribution >= 4 is 21.8 Å². The van der Waals surface area contributed by atoms with Crippen molar-refractivity contribution in [2.45, 2.75) is 13.1 Å². The number of hydrogen-bond acceptors (Lipinski definition) is 5.